The summed E-state index contributed by atoms with van der Waals surface area (Å²) in [5.74, 6) is 0.915. The Morgan fingerprint density at radius 2 is 2.00 bits per heavy atom. The molecule has 0 aromatic rings. The van der Waals surface area contributed by atoms with Crippen LogP contribution in [0.2, 0.25) is 0 Å². The third kappa shape index (κ3) is 2.07. The second-order valence-electron chi connectivity index (χ2n) is 6.67. The van der Waals surface area contributed by atoms with Gasteiger partial charge in [-0.3, -0.25) is 0 Å². The highest BCUT2D eigenvalue weighted by atomic mass is 16.3. The van der Waals surface area contributed by atoms with Crippen LogP contribution in [0.15, 0.2) is 0 Å². The zero-order valence-corrected chi connectivity index (χ0v) is 11.9. The van der Waals surface area contributed by atoms with Crippen LogP contribution in [-0.2, 0) is 0 Å². The van der Waals surface area contributed by atoms with Crippen molar-refractivity contribution in [2.24, 2.45) is 17.3 Å². The molecule has 0 amide bonds. The molecule has 18 heavy (non-hydrogen) atoms. The molecule has 0 aliphatic heterocycles. The van der Waals surface area contributed by atoms with Crippen LogP contribution >= 0.6 is 0 Å². The second-order valence-corrected chi connectivity index (χ2v) is 6.67. The summed E-state index contributed by atoms with van der Waals surface area (Å²) in [6.07, 6.45) is 9.38. The van der Waals surface area contributed by atoms with E-state index in [4.69, 9.17) is 0 Å². The standard InChI is InChI=1S/C16H27NO/c1-3-14-8-4-5-10-16(14,18)15(12-17)9-6-7-13(2)11-15/h13-14,18H,3-11H2,1-2H3. The third-order valence-electron chi connectivity index (χ3n) is 5.57. The van der Waals surface area contributed by atoms with Crippen molar-refractivity contribution >= 4 is 0 Å². The van der Waals surface area contributed by atoms with Gasteiger partial charge in [-0.2, -0.15) is 5.26 Å². The quantitative estimate of drug-likeness (QED) is 0.802. The van der Waals surface area contributed by atoms with Gasteiger partial charge in [-0.1, -0.05) is 46.0 Å². The molecule has 0 aromatic carbocycles. The van der Waals surface area contributed by atoms with Gasteiger partial charge in [0.05, 0.1) is 17.1 Å². The summed E-state index contributed by atoms with van der Waals surface area (Å²) < 4.78 is 0. The van der Waals surface area contributed by atoms with E-state index in [1.165, 1.54) is 12.8 Å². The van der Waals surface area contributed by atoms with E-state index in [9.17, 15) is 10.4 Å². The fraction of sp³-hybridized carbons (Fsp3) is 0.938. The highest BCUT2D eigenvalue weighted by Crippen LogP contribution is 2.54. The summed E-state index contributed by atoms with van der Waals surface area (Å²) >= 11 is 0. The summed E-state index contributed by atoms with van der Waals surface area (Å²) in [7, 11) is 0. The number of rotatable bonds is 2. The molecule has 0 bridgehead atoms. The number of nitriles is 1. The lowest BCUT2D eigenvalue weighted by atomic mass is 9.54. The van der Waals surface area contributed by atoms with Gasteiger partial charge in [-0.15, -0.1) is 0 Å². The Labute approximate surface area is 111 Å². The van der Waals surface area contributed by atoms with Crippen molar-refractivity contribution in [2.75, 3.05) is 0 Å². The fourth-order valence-corrected chi connectivity index (χ4v) is 4.54. The summed E-state index contributed by atoms with van der Waals surface area (Å²) in [6, 6.07) is 2.57. The molecule has 2 fully saturated rings. The maximum atomic E-state index is 11.3. The van der Waals surface area contributed by atoms with Gasteiger partial charge in [-0.05, 0) is 37.5 Å². The van der Waals surface area contributed by atoms with Crippen LogP contribution in [0.1, 0.15) is 71.6 Å². The minimum Gasteiger partial charge on any atom is -0.388 e. The van der Waals surface area contributed by atoms with Crippen molar-refractivity contribution in [3.63, 3.8) is 0 Å². The number of aliphatic hydroxyl groups is 1. The van der Waals surface area contributed by atoms with Crippen molar-refractivity contribution in [2.45, 2.75) is 77.2 Å². The molecule has 2 aliphatic carbocycles. The molecular weight excluding hydrogens is 222 g/mol. The fourth-order valence-electron chi connectivity index (χ4n) is 4.54. The first-order valence-electron chi connectivity index (χ1n) is 7.71. The lowest BCUT2D eigenvalue weighted by Gasteiger charge is -2.52. The van der Waals surface area contributed by atoms with Crippen molar-refractivity contribution in [3.05, 3.63) is 0 Å². The molecule has 0 spiro atoms. The maximum absolute atomic E-state index is 11.3. The molecule has 0 radical (unpaired) electrons. The predicted octanol–water partition coefficient (Wildman–Crippen LogP) is 4.04. The summed E-state index contributed by atoms with van der Waals surface area (Å²) in [6.45, 7) is 4.40. The highest BCUT2D eigenvalue weighted by Gasteiger charge is 2.56. The Balaban J connectivity index is 2.32. The molecule has 0 aromatic heterocycles. The molecule has 4 atom stereocenters. The summed E-state index contributed by atoms with van der Waals surface area (Å²) in [5.41, 5.74) is -1.19. The van der Waals surface area contributed by atoms with Crippen molar-refractivity contribution in [1.29, 1.82) is 5.26 Å². The van der Waals surface area contributed by atoms with Gasteiger partial charge in [0, 0.05) is 0 Å². The van der Waals surface area contributed by atoms with Crippen LogP contribution in [0.3, 0.4) is 0 Å². The van der Waals surface area contributed by atoms with E-state index in [-0.39, 0.29) is 0 Å². The molecule has 4 unspecified atom stereocenters. The average Bonchev–Trinajstić information content (AvgIpc) is 2.39. The zero-order chi connectivity index (χ0) is 13.2. The molecule has 0 saturated heterocycles. The highest BCUT2D eigenvalue weighted by molar-refractivity contribution is 5.15. The van der Waals surface area contributed by atoms with E-state index in [0.717, 1.165) is 44.9 Å². The Morgan fingerprint density at radius 3 is 2.61 bits per heavy atom. The molecule has 2 nitrogen and oxygen atoms in total. The molecule has 102 valence electrons. The summed E-state index contributed by atoms with van der Waals surface area (Å²) in [5, 5.41) is 21.1. The van der Waals surface area contributed by atoms with Gasteiger partial charge in [0.1, 0.15) is 0 Å². The topological polar surface area (TPSA) is 44.0 Å². The Morgan fingerprint density at radius 1 is 1.22 bits per heavy atom. The van der Waals surface area contributed by atoms with E-state index in [0.29, 0.717) is 11.8 Å². The minimum absolute atomic E-state index is 0.330. The largest absolute Gasteiger partial charge is 0.388 e. The van der Waals surface area contributed by atoms with Gasteiger partial charge in [-0.25, -0.2) is 0 Å². The second kappa shape index (κ2) is 5.21. The number of nitrogens with zero attached hydrogens (tertiary/aromatic N) is 1. The van der Waals surface area contributed by atoms with Crippen LogP contribution in [0.5, 0.6) is 0 Å². The Bertz CT molecular complexity index is 334. The molecule has 2 heteroatoms. The van der Waals surface area contributed by atoms with Gasteiger partial charge in [0.25, 0.3) is 0 Å². The van der Waals surface area contributed by atoms with Crippen LogP contribution < -0.4 is 0 Å². The molecule has 1 N–H and O–H groups in total. The van der Waals surface area contributed by atoms with Crippen molar-refractivity contribution < 1.29 is 5.11 Å². The maximum Gasteiger partial charge on any atom is 0.0865 e. The molecular formula is C16H27NO. The SMILES string of the molecule is CCC1CCCCC1(O)C1(C#N)CCCC(C)C1. The average molecular weight is 249 g/mol. The molecule has 2 rings (SSSR count). The number of hydrogen-bond acceptors (Lipinski definition) is 2. The zero-order valence-electron chi connectivity index (χ0n) is 11.9. The smallest absolute Gasteiger partial charge is 0.0865 e. The number of hydrogen-bond donors (Lipinski definition) is 1. The van der Waals surface area contributed by atoms with Gasteiger partial charge in [0.2, 0.25) is 0 Å². The van der Waals surface area contributed by atoms with E-state index < -0.39 is 11.0 Å². The van der Waals surface area contributed by atoms with Crippen molar-refractivity contribution in [3.8, 4) is 6.07 Å². The Kier molecular flexibility index (Phi) is 4.02. The van der Waals surface area contributed by atoms with Gasteiger partial charge >= 0.3 is 0 Å². The van der Waals surface area contributed by atoms with Crippen LogP contribution in [0.25, 0.3) is 0 Å². The van der Waals surface area contributed by atoms with E-state index in [2.05, 4.69) is 19.9 Å². The first kappa shape index (κ1) is 13.9. The Hall–Kier alpha value is -0.550. The normalized spacial score (nSPS) is 45.4. The van der Waals surface area contributed by atoms with Crippen LogP contribution in [0, 0.1) is 28.6 Å². The van der Waals surface area contributed by atoms with E-state index in [1.807, 2.05) is 0 Å². The molecule has 2 aliphatic rings. The minimum atomic E-state index is -0.719. The molecule has 2 saturated carbocycles. The van der Waals surface area contributed by atoms with Gasteiger partial charge in [0.15, 0.2) is 0 Å². The predicted molar refractivity (Wildman–Crippen MR) is 72.9 cm³/mol. The third-order valence-corrected chi connectivity index (χ3v) is 5.57. The monoisotopic (exact) mass is 249 g/mol. The van der Waals surface area contributed by atoms with Crippen LogP contribution in [0.4, 0.5) is 0 Å². The van der Waals surface area contributed by atoms with E-state index in [1.54, 1.807) is 0 Å². The van der Waals surface area contributed by atoms with E-state index >= 15 is 0 Å². The van der Waals surface area contributed by atoms with Gasteiger partial charge < -0.3 is 5.11 Å². The van der Waals surface area contributed by atoms with Crippen LogP contribution in [-0.4, -0.2) is 10.7 Å². The summed E-state index contributed by atoms with van der Waals surface area (Å²) in [4.78, 5) is 0. The first-order valence-corrected chi connectivity index (χ1v) is 7.71. The lowest BCUT2D eigenvalue weighted by molar-refractivity contribution is -0.142. The van der Waals surface area contributed by atoms with Crippen molar-refractivity contribution in [1.82, 2.24) is 0 Å². The first-order chi connectivity index (χ1) is 8.58. The molecule has 0 heterocycles. The lowest BCUT2D eigenvalue weighted by Crippen LogP contribution is -2.56.